The maximum absolute atomic E-state index is 11.9. The summed E-state index contributed by atoms with van der Waals surface area (Å²) in [6.45, 7) is 2.63. The lowest BCUT2D eigenvalue weighted by atomic mass is 10.1. The first-order valence-electron chi connectivity index (χ1n) is 9.45. The summed E-state index contributed by atoms with van der Waals surface area (Å²) < 4.78 is 5.02. The number of aromatic nitrogens is 4. The first-order chi connectivity index (χ1) is 13.7. The lowest BCUT2D eigenvalue weighted by Gasteiger charge is -2.31. The van der Waals surface area contributed by atoms with Gasteiger partial charge in [-0.3, -0.25) is 10.00 Å². The third-order valence-electron chi connectivity index (χ3n) is 5.23. The first-order valence-corrected chi connectivity index (χ1v) is 9.45. The van der Waals surface area contributed by atoms with E-state index < -0.39 is 0 Å². The molecule has 9 nitrogen and oxygen atoms in total. The number of pyridine rings is 2. The minimum Gasteiger partial charge on any atom is -0.447 e. The van der Waals surface area contributed by atoms with Crippen LogP contribution >= 0.6 is 0 Å². The Labute approximate surface area is 161 Å². The summed E-state index contributed by atoms with van der Waals surface area (Å²) >= 11 is 0. The summed E-state index contributed by atoms with van der Waals surface area (Å²) in [6.07, 6.45) is 3.42. The summed E-state index contributed by atoms with van der Waals surface area (Å²) in [5.41, 5.74) is 8.41. The number of hydrogen-bond donors (Lipinski definition) is 2. The van der Waals surface area contributed by atoms with Crippen LogP contribution in [0, 0.1) is 0 Å². The zero-order valence-electron chi connectivity index (χ0n) is 15.3. The van der Waals surface area contributed by atoms with Crippen LogP contribution in [0.3, 0.4) is 0 Å². The summed E-state index contributed by atoms with van der Waals surface area (Å²) in [6, 6.07) is 7.96. The van der Waals surface area contributed by atoms with Crippen molar-refractivity contribution >= 4 is 28.6 Å². The van der Waals surface area contributed by atoms with Crippen LogP contribution in [-0.2, 0) is 4.74 Å². The number of amides is 1. The fourth-order valence-electron chi connectivity index (χ4n) is 3.80. The maximum Gasteiger partial charge on any atom is 0.415 e. The quantitative estimate of drug-likeness (QED) is 0.714. The van der Waals surface area contributed by atoms with Gasteiger partial charge in [0.15, 0.2) is 0 Å². The number of H-pyrrole nitrogens is 1. The molecular weight excluding hydrogens is 358 g/mol. The maximum atomic E-state index is 11.9. The molecule has 9 heteroatoms. The molecule has 0 radical (unpaired) electrons. The topological polar surface area (TPSA) is 113 Å². The van der Waals surface area contributed by atoms with Crippen molar-refractivity contribution in [1.29, 1.82) is 0 Å². The van der Waals surface area contributed by atoms with Crippen molar-refractivity contribution in [3.05, 3.63) is 30.5 Å². The van der Waals surface area contributed by atoms with E-state index in [4.69, 9.17) is 15.5 Å². The van der Waals surface area contributed by atoms with Gasteiger partial charge in [-0.2, -0.15) is 5.10 Å². The number of nitrogens with zero attached hydrogens (tertiary/aromatic N) is 5. The first kappa shape index (κ1) is 16.9. The number of cyclic esters (lactones) is 1. The van der Waals surface area contributed by atoms with Crippen LogP contribution in [0.1, 0.15) is 12.8 Å². The Morgan fingerprint density at radius 2 is 2.18 bits per heavy atom. The molecule has 2 fully saturated rings. The molecule has 0 unspecified atom stereocenters. The molecule has 1 atom stereocenters. The van der Waals surface area contributed by atoms with E-state index >= 15 is 0 Å². The van der Waals surface area contributed by atoms with Crippen LogP contribution < -0.4 is 15.5 Å². The lowest BCUT2D eigenvalue weighted by Crippen LogP contribution is -2.43. The highest BCUT2D eigenvalue weighted by Gasteiger charge is 2.25. The van der Waals surface area contributed by atoms with Gasteiger partial charge in [0.2, 0.25) is 0 Å². The number of anilines is 2. The second kappa shape index (κ2) is 6.75. The molecule has 3 aromatic heterocycles. The average Bonchev–Trinajstić information content (AvgIpc) is 3.33. The van der Waals surface area contributed by atoms with E-state index in [1.54, 1.807) is 6.20 Å². The minimum absolute atomic E-state index is 0.180. The third kappa shape index (κ3) is 2.93. The van der Waals surface area contributed by atoms with Crippen LogP contribution in [0.4, 0.5) is 16.4 Å². The highest BCUT2D eigenvalue weighted by Crippen LogP contribution is 2.29. The lowest BCUT2D eigenvalue weighted by molar-refractivity contribution is 0.181. The van der Waals surface area contributed by atoms with E-state index in [0.29, 0.717) is 19.0 Å². The molecule has 2 aliphatic rings. The van der Waals surface area contributed by atoms with Crippen molar-refractivity contribution in [3.63, 3.8) is 0 Å². The van der Waals surface area contributed by atoms with Gasteiger partial charge < -0.3 is 15.4 Å². The van der Waals surface area contributed by atoms with Gasteiger partial charge in [-0.1, -0.05) is 6.07 Å². The second-order valence-corrected chi connectivity index (χ2v) is 7.16. The Kier molecular flexibility index (Phi) is 4.09. The fourth-order valence-corrected chi connectivity index (χ4v) is 3.80. The molecule has 1 amide bonds. The van der Waals surface area contributed by atoms with Crippen LogP contribution in [0.25, 0.3) is 22.3 Å². The molecule has 0 aliphatic carbocycles. The van der Waals surface area contributed by atoms with Gasteiger partial charge in [-0.25, -0.2) is 14.8 Å². The summed E-state index contributed by atoms with van der Waals surface area (Å²) in [4.78, 5) is 24.8. The number of hydrogen-bond acceptors (Lipinski definition) is 7. The summed E-state index contributed by atoms with van der Waals surface area (Å²) in [7, 11) is 0. The van der Waals surface area contributed by atoms with Gasteiger partial charge in [0.05, 0.1) is 24.0 Å². The third-order valence-corrected chi connectivity index (χ3v) is 5.23. The Bertz CT molecular complexity index is 1030. The number of fused-ring (bicyclic) bond motifs is 1. The molecule has 2 aliphatic heterocycles. The van der Waals surface area contributed by atoms with Crippen molar-refractivity contribution in [2.24, 2.45) is 5.73 Å². The van der Waals surface area contributed by atoms with E-state index in [0.717, 1.165) is 54.0 Å². The van der Waals surface area contributed by atoms with Crippen LogP contribution in [0.2, 0.25) is 0 Å². The monoisotopic (exact) mass is 379 g/mol. The molecule has 2 saturated heterocycles. The number of aromatic amines is 1. The van der Waals surface area contributed by atoms with Crippen molar-refractivity contribution in [3.8, 4) is 11.4 Å². The van der Waals surface area contributed by atoms with Crippen LogP contribution in [-0.4, -0.2) is 58.5 Å². The molecule has 3 aromatic rings. The van der Waals surface area contributed by atoms with Crippen molar-refractivity contribution in [2.45, 2.75) is 18.9 Å². The SMILES string of the molecule is N[C@H]1CCCN(c2cccc(-c3n[nH]c4cnc(N5CCOC5=O)cc34)n2)C1. The molecule has 28 heavy (non-hydrogen) atoms. The highest BCUT2D eigenvalue weighted by molar-refractivity contribution is 5.96. The zero-order chi connectivity index (χ0) is 19.1. The smallest absolute Gasteiger partial charge is 0.415 e. The van der Waals surface area contributed by atoms with Gasteiger partial charge in [-0.15, -0.1) is 0 Å². The number of nitrogens with two attached hydrogens (primary N) is 1. The van der Waals surface area contributed by atoms with Crippen molar-refractivity contribution in [1.82, 2.24) is 20.2 Å². The predicted octanol–water partition coefficient (Wildman–Crippen LogP) is 1.90. The Morgan fingerprint density at radius 1 is 1.25 bits per heavy atom. The normalized spacial score (nSPS) is 20.0. The van der Waals surface area contributed by atoms with Crippen molar-refractivity contribution < 1.29 is 9.53 Å². The molecule has 0 spiro atoms. The zero-order valence-corrected chi connectivity index (χ0v) is 15.3. The van der Waals surface area contributed by atoms with Crippen LogP contribution in [0.15, 0.2) is 30.5 Å². The van der Waals surface area contributed by atoms with E-state index in [2.05, 4.69) is 20.1 Å². The van der Waals surface area contributed by atoms with Gasteiger partial charge in [0, 0.05) is 24.5 Å². The molecule has 5 rings (SSSR count). The van der Waals surface area contributed by atoms with E-state index in [-0.39, 0.29) is 12.1 Å². The Hall–Kier alpha value is -3.20. The number of nitrogens with one attached hydrogen (secondary N) is 1. The predicted molar refractivity (Wildman–Crippen MR) is 105 cm³/mol. The molecule has 5 heterocycles. The molecule has 0 saturated carbocycles. The number of rotatable bonds is 3. The fraction of sp³-hybridized carbons (Fsp3) is 0.368. The number of piperidine rings is 1. The van der Waals surface area contributed by atoms with E-state index in [1.807, 2.05) is 24.3 Å². The van der Waals surface area contributed by atoms with E-state index in [9.17, 15) is 4.79 Å². The largest absolute Gasteiger partial charge is 0.447 e. The molecule has 0 aromatic carbocycles. The number of carbonyl (C=O) groups excluding carboxylic acids is 1. The summed E-state index contributed by atoms with van der Waals surface area (Å²) in [5, 5.41) is 8.31. The molecule has 144 valence electrons. The standard InChI is InChI=1S/C19H21N7O2/c20-12-3-2-6-25(11-12)16-5-1-4-14(22-16)18-13-9-17(21-10-15(13)23-24-18)26-7-8-28-19(26)27/h1,4-5,9-10,12H,2-3,6-8,11,20H2,(H,23,24)/t12-/m0/s1. The second-order valence-electron chi connectivity index (χ2n) is 7.16. The van der Waals surface area contributed by atoms with Crippen LogP contribution in [0.5, 0.6) is 0 Å². The molecule has 0 bridgehead atoms. The molecule has 3 N–H and O–H groups in total. The van der Waals surface area contributed by atoms with Gasteiger partial charge in [-0.05, 0) is 31.0 Å². The number of carbonyl (C=O) groups is 1. The Balaban J connectivity index is 1.52. The minimum atomic E-state index is -0.376. The van der Waals surface area contributed by atoms with E-state index in [1.165, 1.54) is 4.90 Å². The highest BCUT2D eigenvalue weighted by atomic mass is 16.6. The molecular formula is C19H21N7O2. The Morgan fingerprint density at radius 3 is 3.00 bits per heavy atom. The average molecular weight is 379 g/mol. The van der Waals surface area contributed by atoms with Gasteiger partial charge >= 0.3 is 6.09 Å². The summed E-state index contributed by atoms with van der Waals surface area (Å²) in [5.74, 6) is 1.46. The van der Waals surface area contributed by atoms with Crippen molar-refractivity contribution in [2.75, 3.05) is 36.0 Å². The van der Waals surface area contributed by atoms with Gasteiger partial charge in [0.1, 0.15) is 23.9 Å². The van der Waals surface area contributed by atoms with Gasteiger partial charge in [0.25, 0.3) is 0 Å². The number of ether oxygens (including phenoxy) is 1.